The molecule has 0 saturated carbocycles. The molecule has 2 N–H and O–H groups in total. The lowest BCUT2D eigenvalue weighted by molar-refractivity contribution is 0.0940. The Balaban J connectivity index is 1.64. The van der Waals surface area contributed by atoms with Gasteiger partial charge < -0.3 is 14.8 Å². The Kier molecular flexibility index (Phi) is 4.46. The summed E-state index contributed by atoms with van der Waals surface area (Å²) in [6, 6.07) is 7.70. The topological polar surface area (TPSA) is 76.2 Å². The molecule has 1 aliphatic rings. The van der Waals surface area contributed by atoms with Crippen molar-refractivity contribution in [1.29, 1.82) is 0 Å². The Bertz CT molecular complexity index is 737. The standard InChI is InChI=1S/C18H23N3O3/c1-4-5-13-9-14(21-20-13)17(22)19-10-18(2,3)12-6-7-15-16(8-12)24-11-23-15/h6-9H,4-5,10-11H2,1-3H3,(H,19,22)(H,20,21). The molecule has 2 heterocycles. The van der Waals surface area contributed by atoms with Gasteiger partial charge in [0, 0.05) is 17.7 Å². The maximum atomic E-state index is 12.3. The molecule has 0 unspecified atom stereocenters. The van der Waals surface area contributed by atoms with Crippen LogP contribution in [-0.2, 0) is 11.8 Å². The molecule has 1 aromatic carbocycles. The van der Waals surface area contributed by atoms with E-state index in [-0.39, 0.29) is 18.1 Å². The maximum absolute atomic E-state index is 12.3. The Hall–Kier alpha value is -2.50. The lowest BCUT2D eigenvalue weighted by atomic mass is 9.84. The quantitative estimate of drug-likeness (QED) is 0.854. The van der Waals surface area contributed by atoms with E-state index in [9.17, 15) is 4.79 Å². The van der Waals surface area contributed by atoms with Gasteiger partial charge in [-0.2, -0.15) is 5.10 Å². The molecule has 1 aromatic heterocycles. The van der Waals surface area contributed by atoms with Crippen molar-refractivity contribution in [2.45, 2.75) is 39.0 Å². The molecule has 0 radical (unpaired) electrons. The van der Waals surface area contributed by atoms with E-state index in [1.165, 1.54) is 0 Å². The Morgan fingerprint density at radius 2 is 2.08 bits per heavy atom. The van der Waals surface area contributed by atoms with Crippen molar-refractivity contribution in [2.75, 3.05) is 13.3 Å². The average molecular weight is 329 g/mol. The van der Waals surface area contributed by atoms with Gasteiger partial charge in [0.25, 0.3) is 5.91 Å². The third-order valence-corrected chi connectivity index (χ3v) is 4.23. The summed E-state index contributed by atoms with van der Waals surface area (Å²) >= 11 is 0. The van der Waals surface area contributed by atoms with E-state index in [0.717, 1.165) is 35.6 Å². The first kappa shape index (κ1) is 16.4. The van der Waals surface area contributed by atoms with Crippen molar-refractivity contribution in [3.8, 4) is 11.5 Å². The minimum absolute atomic E-state index is 0.164. The van der Waals surface area contributed by atoms with E-state index in [1.807, 2.05) is 24.3 Å². The van der Waals surface area contributed by atoms with E-state index in [0.29, 0.717) is 12.2 Å². The van der Waals surface area contributed by atoms with Gasteiger partial charge in [-0.3, -0.25) is 9.89 Å². The number of rotatable bonds is 6. The van der Waals surface area contributed by atoms with Gasteiger partial charge in [-0.1, -0.05) is 33.3 Å². The lowest BCUT2D eigenvalue weighted by Gasteiger charge is -2.25. The summed E-state index contributed by atoms with van der Waals surface area (Å²) < 4.78 is 10.8. The number of hydrogen-bond acceptors (Lipinski definition) is 4. The van der Waals surface area contributed by atoms with Crippen LogP contribution in [0.1, 0.15) is 48.9 Å². The minimum Gasteiger partial charge on any atom is -0.454 e. The van der Waals surface area contributed by atoms with Gasteiger partial charge in [0.1, 0.15) is 5.69 Å². The molecule has 3 rings (SSSR count). The van der Waals surface area contributed by atoms with Crippen molar-refractivity contribution < 1.29 is 14.3 Å². The number of nitrogens with zero attached hydrogens (tertiary/aromatic N) is 1. The van der Waals surface area contributed by atoms with Crippen molar-refractivity contribution in [3.63, 3.8) is 0 Å². The number of aromatic nitrogens is 2. The fourth-order valence-corrected chi connectivity index (χ4v) is 2.69. The van der Waals surface area contributed by atoms with Crippen molar-refractivity contribution in [2.24, 2.45) is 0 Å². The van der Waals surface area contributed by atoms with Gasteiger partial charge in [-0.25, -0.2) is 0 Å². The van der Waals surface area contributed by atoms with E-state index < -0.39 is 0 Å². The van der Waals surface area contributed by atoms with Crippen LogP contribution in [0, 0.1) is 0 Å². The van der Waals surface area contributed by atoms with Gasteiger partial charge in [0.05, 0.1) is 0 Å². The molecule has 0 bridgehead atoms. The molecule has 0 aliphatic carbocycles. The number of aryl methyl sites for hydroxylation is 1. The van der Waals surface area contributed by atoms with Crippen molar-refractivity contribution in [1.82, 2.24) is 15.5 Å². The predicted octanol–water partition coefficient (Wildman–Crippen LogP) is 2.80. The lowest BCUT2D eigenvalue weighted by Crippen LogP contribution is -2.36. The van der Waals surface area contributed by atoms with Crippen LogP contribution >= 0.6 is 0 Å². The number of H-pyrrole nitrogens is 1. The zero-order chi connectivity index (χ0) is 17.2. The van der Waals surface area contributed by atoms with Gasteiger partial charge in [-0.05, 0) is 30.2 Å². The second-order valence-electron chi connectivity index (χ2n) is 6.66. The number of benzene rings is 1. The van der Waals surface area contributed by atoms with Crippen LogP contribution in [0.4, 0.5) is 0 Å². The molecule has 0 atom stereocenters. The number of carbonyl (C=O) groups excluding carboxylic acids is 1. The first-order chi connectivity index (χ1) is 11.5. The molecular formula is C18H23N3O3. The molecule has 128 valence electrons. The van der Waals surface area contributed by atoms with Gasteiger partial charge in [0.2, 0.25) is 6.79 Å². The second kappa shape index (κ2) is 6.55. The van der Waals surface area contributed by atoms with Crippen molar-refractivity contribution >= 4 is 5.91 Å². The summed E-state index contributed by atoms with van der Waals surface area (Å²) in [5.74, 6) is 1.35. The second-order valence-corrected chi connectivity index (χ2v) is 6.66. The Morgan fingerprint density at radius 3 is 2.88 bits per heavy atom. The van der Waals surface area contributed by atoms with Gasteiger partial charge in [-0.15, -0.1) is 0 Å². The number of nitrogens with one attached hydrogen (secondary N) is 2. The highest BCUT2D eigenvalue weighted by atomic mass is 16.7. The molecular weight excluding hydrogens is 306 g/mol. The normalized spacial score (nSPS) is 13.1. The third kappa shape index (κ3) is 3.37. The monoisotopic (exact) mass is 329 g/mol. The van der Waals surface area contributed by atoms with Crippen LogP contribution in [0.5, 0.6) is 11.5 Å². The number of ether oxygens (including phenoxy) is 2. The summed E-state index contributed by atoms with van der Waals surface area (Å²) in [6.07, 6.45) is 1.91. The van der Waals surface area contributed by atoms with Crippen LogP contribution < -0.4 is 14.8 Å². The summed E-state index contributed by atoms with van der Waals surface area (Å²) in [4.78, 5) is 12.3. The van der Waals surface area contributed by atoms with Gasteiger partial charge >= 0.3 is 0 Å². The highest BCUT2D eigenvalue weighted by molar-refractivity contribution is 5.92. The SMILES string of the molecule is CCCc1cc(C(=O)NCC(C)(C)c2ccc3c(c2)OCO3)n[nH]1. The first-order valence-electron chi connectivity index (χ1n) is 8.22. The number of fused-ring (bicyclic) bond motifs is 1. The Morgan fingerprint density at radius 1 is 1.29 bits per heavy atom. The van der Waals surface area contributed by atoms with E-state index >= 15 is 0 Å². The number of hydrogen-bond donors (Lipinski definition) is 2. The zero-order valence-electron chi connectivity index (χ0n) is 14.3. The van der Waals surface area contributed by atoms with Crippen LogP contribution in [0.3, 0.4) is 0 Å². The summed E-state index contributed by atoms with van der Waals surface area (Å²) in [6.45, 7) is 7.01. The van der Waals surface area contributed by atoms with Crippen molar-refractivity contribution in [3.05, 3.63) is 41.2 Å². The first-order valence-corrected chi connectivity index (χ1v) is 8.22. The largest absolute Gasteiger partial charge is 0.454 e. The van der Waals surface area contributed by atoms with Crippen LogP contribution in [-0.4, -0.2) is 29.4 Å². The predicted molar refractivity (Wildman–Crippen MR) is 90.5 cm³/mol. The van der Waals surface area contributed by atoms with E-state index in [1.54, 1.807) is 0 Å². The zero-order valence-corrected chi connectivity index (χ0v) is 14.3. The molecule has 6 nitrogen and oxygen atoms in total. The number of aromatic amines is 1. The number of amides is 1. The molecule has 1 aliphatic heterocycles. The van der Waals surface area contributed by atoms with E-state index in [2.05, 4.69) is 36.3 Å². The van der Waals surface area contributed by atoms with Crippen LogP contribution in [0.25, 0.3) is 0 Å². The molecule has 6 heteroatoms. The molecule has 24 heavy (non-hydrogen) atoms. The highest BCUT2D eigenvalue weighted by Gasteiger charge is 2.25. The molecule has 1 amide bonds. The minimum atomic E-state index is -0.237. The maximum Gasteiger partial charge on any atom is 0.271 e. The molecule has 0 spiro atoms. The fourth-order valence-electron chi connectivity index (χ4n) is 2.69. The molecule has 2 aromatic rings. The summed E-state index contributed by atoms with van der Waals surface area (Å²) in [5.41, 5.74) is 2.26. The summed E-state index contributed by atoms with van der Waals surface area (Å²) in [5, 5.41) is 9.95. The summed E-state index contributed by atoms with van der Waals surface area (Å²) in [7, 11) is 0. The Labute approximate surface area is 141 Å². The van der Waals surface area contributed by atoms with E-state index in [4.69, 9.17) is 9.47 Å². The van der Waals surface area contributed by atoms with Crippen LogP contribution in [0.2, 0.25) is 0 Å². The molecule has 0 fully saturated rings. The smallest absolute Gasteiger partial charge is 0.271 e. The highest BCUT2D eigenvalue weighted by Crippen LogP contribution is 2.36. The molecule has 0 saturated heterocycles. The number of carbonyl (C=O) groups is 1. The third-order valence-electron chi connectivity index (χ3n) is 4.23. The fraction of sp³-hybridized carbons (Fsp3) is 0.444. The van der Waals surface area contributed by atoms with Gasteiger partial charge in [0.15, 0.2) is 11.5 Å². The van der Waals surface area contributed by atoms with Crippen LogP contribution in [0.15, 0.2) is 24.3 Å². The average Bonchev–Trinajstić information content (AvgIpc) is 3.21.